The second-order valence-corrected chi connectivity index (χ2v) is 7.40. The fraction of sp³-hybridized carbons (Fsp3) is 0.682. The predicted molar refractivity (Wildman–Crippen MR) is 130 cm³/mol. The first-order chi connectivity index (χ1) is 13.2. The largest absolute Gasteiger partial charge is 0.382 e. The fourth-order valence-electron chi connectivity index (χ4n) is 3.37. The maximum Gasteiger partial charge on any atom is 0.191 e. The Bertz CT molecular complexity index is 542. The summed E-state index contributed by atoms with van der Waals surface area (Å²) in [6.45, 7) is 14.0. The summed E-state index contributed by atoms with van der Waals surface area (Å²) in [4.78, 5) is 7.38. The van der Waals surface area contributed by atoms with E-state index >= 15 is 0 Å². The van der Waals surface area contributed by atoms with Crippen LogP contribution in [0.1, 0.15) is 44.2 Å². The van der Waals surface area contributed by atoms with E-state index in [0.29, 0.717) is 5.92 Å². The number of hydrogen-bond donors (Lipinski definition) is 2. The van der Waals surface area contributed by atoms with Crippen molar-refractivity contribution >= 4 is 29.9 Å². The van der Waals surface area contributed by atoms with E-state index < -0.39 is 0 Å². The first kappa shape index (κ1) is 25.2. The summed E-state index contributed by atoms with van der Waals surface area (Å²) in [7, 11) is 0. The quantitative estimate of drug-likeness (QED) is 0.221. The molecule has 1 saturated heterocycles. The zero-order valence-corrected chi connectivity index (χ0v) is 20.2. The van der Waals surface area contributed by atoms with Gasteiger partial charge in [-0.3, -0.25) is 9.89 Å². The highest BCUT2D eigenvalue weighted by Crippen LogP contribution is 2.19. The normalized spacial score (nSPS) is 15.9. The maximum atomic E-state index is 5.38. The molecule has 2 N–H and O–H groups in total. The third-order valence-electron chi connectivity index (χ3n) is 5.05. The molecule has 1 aliphatic rings. The van der Waals surface area contributed by atoms with Gasteiger partial charge in [-0.05, 0) is 64.6 Å². The molecule has 1 aliphatic heterocycles. The van der Waals surface area contributed by atoms with Gasteiger partial charge in [0.25, 0.3) is 0 Å². The number of likely N-dealkylation sites (tertiary alicyclic amines) is 1. The smallest absolute Gasteiger partial charge is 0.191 e. The van der Waals surface area contributed by atoms with Crippen LogP contribution in [0.5, 0.6) is 0 Å². The van der Waals surface area contributed by atoms with E-state index in [0.717, 1.165) is 51.8 Å². The lowest BCUT2D eigenvalue weighted by molar-refractivity contribution is 0.145. The molecule has 2 rings (SSSR count). The molecule has 160 valence electrons. The summed E-state index contributed by atoms with van der Waals surface area (Å²) >= 11 is 0. The Morgan fingerprint density at radius 2 is 1.86 bits per heavy atom. The lowest BCUT2D eigenvalue weighted by Crippen LogP contribution is -2.39. The van der Waals surface area contributed by atoms with Crippen molar-refractivity contribution in [3.05, 3.63) is 35.4 Å². The number of aryl methyl sites for hydroxylation is 1. The highest BCUT2D eigenvalue weighted by Gasteiger charge is 2.19. The van der Waals surface area contributed by atoms with Gasteiger partial charge in [-0.15, -0.1) is 24.0 Å². The number of nitrogens with one attached hydrogen (secondary N) is 2. The topological polar surface area (TPSA) is 48.9 Å². The second-order valence-electron chi connectivity index (χ2n) is 7.40. The molecule has 1 aromatic carbocycles. The number of rotatable bonds is 10. The Balaban J connectivity index is 0.00000392. The van der Waals surface area contributed by atoms with E-state index in [9.17, 15) is 0 Å². The van der Waals surface area contributed by atoms with Gasteiger partial charge in [-0.1, -0.05) is 29.8 Å². The molecule has 0 bridgehead atoms. The van der Waals surface area contributed by atoms with Crippen LogP contribution in [0.2, 0.25) is 0 Å². The van der Waals surface area contributed by atoms with Gasteiger partial charge in [0.1, 0.15) is 0 Å². The van der Waals surface area contributed by atoms with Gasteiger partial charge in [0.2, 0.25) is 0 Å². The number of nitrogens with zero attached hydrogens (tertiary/aromatic N) is 2. The van der Waals surface area contributed by atoms with Crippen molar-refractivity contribution in [1.29, 1.82) is 0 Å². The average molecular weight is 502 g/mol. The minimum absolute atomic E-state index is 0. The van der Waals surface area contributed by atoms with Crippen molar-refractivity contribution in [2.75, 3.05) is 45.9 Å². The molecule has 0 atom stereocenters. The Morgan fingerprint density at radius 1 is 1.14 bits per heavy atom. The van der Waals surface area contributed by atoms with E-state index in [1.54, 1.807) is 0 Å². The summed E-state index contributed by atoms with van der Waals surface area (Å²) in [5.74, 6) is 1.63. The van der Waals surface area contributed by atoms with Crippen LogP contribution in [0, 0.1) is 12.8 Å². The SMILES string of the molecule is CCNC(=NCC1CCN(Cc2ccc(C)cc2)CC1)NCCCOCC.I. The monoisotopic (exact) mass is 502 g/mol. The van der Waals surface area contributed by atoms with Gasteiger partial charge in [-0.2, -0.15) is 0 Å². The van der Waals surface area contributed by atoms with Crippen molar-refractivity contribution < 1.29 is 4.74 Å². The van der Waals surface area contributed by atoms with Crippen molar-refractivity contribution in [3.8, 4) is 0 Å². The molecular weight excluding hydrogens is 463 g/mol. The molecule has 6 heteroatoms. The summed E-state index contributed by atoms with van der Waals surface area (Å²) in [5, 5.41) is 6.76. The first-order valence-electron chi connectivity index (χ1n) is 10.6. The average Bonchev–Trinajstić information content (AvgIpc) is 2.69. The molecule has 0 spiro atoms. The van der Waals surface area contributed by atoms with Crippen LogP contribution < -0.4 is 10.6 Å². The number of guanidine groups is 1. The molecule has 0 unspecified atom stereocenters. The first-order valence-corrected chi connectivity index (χ1v) is 10.6. The van der Waals surface area contributed by atoms with E-state index in [1.807, 2.05) is 6.92 Å². The summed E-state index contributed by atoms with van der Waals surface area (Å²) in [6.07, 6.45) is 3.48. The van der Waals surface area contributed by atoms with Gasteiger partial charge in [0.05, 0.1) is 0 Å². The Hall–Kier alpha value is -0.860. The third-order valence-corrected chi connectivity index (χ3v) is 5.05. The number of hydrogen-bond acceptors (Lipinski definition) is 3. The molecule has 0 saturated carbocycles. The molecule has 0 aromatic heterocycles. The highest BCUT2D eigenvalue weighted by molar-refractivity contribution is 14.0. The fourth-order valence-corrected chi connectivity index (χ4v) is 3.37. The molecule has 1 heterocycles. The molecule has 5 nitrogen and oxygen atoms in total. The van der Waals surface area contributed by atoms with E-state index in [2.05, 4.69) is 53.6 Å². The summed E-state index contributed by atoms with van der Waals surface area (Å²) in [6, 6.07) is 8.93. The molecule has 28 heavy (non-hydrogen) atoms. The van der Waals surface area contributed by atoms with Crippen molar-refractivity contribution in [1.82, 2.24) is 15.5 Å². The van der Waals surface area contributed by atoms with Gasteiger partial charge >= 0.3 is 0 Å². The zero-order valence-electron chi connectivity index (χ0n) is 17.9. The molecular formula is C22H39IN4O. The molecule has 0 aliphatic carbocycles. The zero-order chi connectivity index (χ0) is 19.3. The van der Waals surface area contributed by atoms with E-state index in [-0.39, 0.29) is 24.0 Å². The minimum atomic E-state index is 0. The third kappa shape index (κ3) is 10.1. The van der Waals surface area contributed by atoms with Crippen LogP contribution >= 0.6 is 24.0 Å². The molecule has 1 aromatic rings. The van der Waals surface area contributed by atoms with Gasteiger partial charge < -0.3 is 15.4 Å². The van der Waals surface area contributed by atoms with E-state index in [4.69, 9.17) is 9.73 Å². The minimum Gasteiger partial charge on any atom is -0.382 e. The van der Waals surface area contributed by atoms with Gasteiger partial charge in [0.15, 0.2) is 5.96 Å². The van der Waals surface area contributed by atoms with Crippen LogP contribution in [0.3, 0.4) is 0 Å². The number of halogens is 1. The summed E-state index contributed by atoms with van der Waals surface area (Å²) in [5.41, 5.74) is 2.75. The van der Waals surface area contributed by atoms with Crippen LogP contribution in [0.15, 0.2) is 29.3 Å². The Morgan fingerprint density at radius 3 is 2.50 bits per heavy atom. The highest BCUT2D eigenvalue weighted by atomic mass is 127. The van der Waals surface area contributed by atoms with Crippen LogP contribution in [-0.2, 0) is 11.3 Å². The standard InChI is InChI=1S/C22H38N4O.HI/c1-4-23-22(24-13-6-16-27-5-2)25-17-20-11-14-26(15-12-20)18-21-9-7-19(3)8-10-21;/h7-10,20H,4-6,11-18H2,1-3H3,(H2,23,24,25);1H. The van der Waals surface area contributed by atoms with Crippen molar-refractivity contribution in [2.45, 2.75) is 46.6 Å². The number of aliphatic imine (C=N–C) groups is 1. The van der Waals surface area contributed by atoms with Crippen molar-refractivity contribution in [3.63, 3.8) is 0 Å². The lowest BCUT2D eigenvalue weighted by atomic mass is 9.96. The Kier molecular flexibility index (Phi) is 13.5. The summed E-state index contributed by atoms with van der Waals surface area (Å²) < 4.78 is 5.38. The van der Waals surface area contributed by atoms with Crippen LogP contribution in [0.4, 0.5) is 0 Å². The lowest BCUT2D eigenvalue weighted by Gasteiger charge is -2.31. The number of benzene rings is 1. The maximum absolute atomic E-state index is 5.38. The number of ether oxygens (including phenoxy) is 1. The van der Waals surface area contributed by atoms with Crippen LogP contribution in [0.25, 0.3) is 0 Å². The number of piperidine rings is 1. The van der Waals surface area contributed by atoms with Gasteiger partial charge in [0, 0.05) is 39.4 Å². The van der Waals surface area contributed by atoms with E-state index in [1.165, 1.54) is 37.1 Å². The van der Waals surface area contributed by atoms with Gasteiger partial charge in [-0.25, -0.2) is 0 Å². The predicted octanol–water partition coefficient (Wildman–Crippen LogP) is 3.81. The second kappa shape index (κ2) is 15.0. The molecule has 0 amide bonds. The molecule has 0 radical (unpaired) electrons. The van der Waals surface area contributed by atoms with Crippen LogP contribution in [-0.4, -0.2) is 56.8 Å². The van der Waals surface area contributed by atoms with Crippen molar-refractivity contribution in [2.24, 2.45) is 10.9 Å². The molecule has 1 fully saturated rings. The Labute approximate surface area is 188 Å².